The van der Waals surface area contributed by atoms with E-state index in [9.17, 15) is 33.9 Å². The number of amides is 4. The van der Waals surface area contributed by atoms with E-state index in [0.717, 1.165) is 0 Å². The summed E-state index contributed by atoms with van der Waals surface area (Å²) in [5.74, 6) is -6.89. The number of carboxylic acids is 2. The minimum atomic E-state index is -1.69. The lowest BCUT2D eigenvalue weighted by Crippen LogP contribution is -2.58. The molecule has 0 radical (unpaired) electrons. The minimum absolute atomic E-state index is 0.114. The van der Waals surface area contributed by atoms with Gasteiger partial charge in [0.2, 0.25) is 23.6 Å². The highest BCUT2D eigenvalue weighted by atomic mass is 32.1. The molecule has 0 saturated heterocycles. The van der Waals surface area contributed by atoms with Crippen LogP contribution in [0.2, 0.25) is 0 Å². The molecule has 0 aliphatic carbocycles. The quantitative estimate of drug-likeness (QED) is 0.0377. The summed E-state index contributed by atoms with van der Waals surface area (Å²) < 4.78 is 0. The van der Waals surface area contributed by atoms with E-state index in [1.165, 1.54) is 0 Å². The Bertz CT molecular complexity index is 820. The van der Waals surface area contributed by atoms with Crippen molar-refractivity contribution in [2.45, 2.75) is 56.3 Å². The van der Waals surface area contributed by atoms with E-state index >= 15 is 0 Å². The van der Waals surface area contributed by atoms with Gasteiger partial charge in [0.15, 0.2) is 5.96 Å². The van der Waals surface area contributed by atoms with Gasteiger partial charge in [-0.3, -0.25) is 29.0 Å². The van der Waals surface area contributed by atoms with Crippen LogP contribution in [0.4, 0.5) is 0 Å². The standard InChI is InChI=1S/C18H32N8O8S/c19-8(2-1-5-23-18(21)22)14(30)26-11(7-35)16(32)25-10(6-13(28)29)15(31)24-9(17(33)34)3-4-12(20)27/h8-11,35H,1-7,19H2,(H2,20,27)(H,24,31)(H,25,32)(H,26,30)(H,28,29)(H,33,34)(H4,21,22,23). The summed E-state index contributed by atoms with van der Waals surface area (Å²) in [6.45, 7) is 0.239. The van der Waals surface area contributed by atoms with E-state index in [1.807, 2.05) is 0 Å². The number of carbonyl (C=O) groups is 6. The maximum absolute atomic E-state index is 12.6. The number of carboxylic acid groups (broad SMARTS) is 2. The smallest absolute Gasteiger partial charge is 0.326 e. The van der Waals surface area contributed by atoms with Crippen LogP contribution in [0.1, 0.15) is 32.1 Å². The third-order valence-electron chi connectivity index (χ3n) is 4.43. The van der Waals surface area contributed by atoms with Crippen LogP contribution in [0, 0.1) is 0 Å². The number of rotatable bonds is 17. The molecule has 16 nitrogen and oxygen atoms in total. The summed E-state index contributed by atoms with van der Waals surface area (Å²) in [5, 5.41) is 24.8. The number of aliphatic imine (C=N–C) groups is 1. The Morgan fingerprint density at radius 3 is 1.86 bits per heavy atom. The van der Waals surface area contributed by atoms with Gasteiger partial charge in [0.1, 0.15) is 18.1 Å². The van der Waals surface area contributed by atoms with Crippen molar-refractivity contribution in [2.24, 2.45) is 27.9 Å². The first kappa shape index (κ1) is 31.4. The van der Waals surface area contributed by atoms with Crippen LogP contribution in [-0.2, 0) is 28.8 Å². The van der Waals surface area contributed by atoms with Gasteiger partial charge in [-0.1, -0.05) is 0 Å². The van der Waals surface area contributed by atoms with Crippen molar-refractivity contribution in [3.8, 4) is 0 Å². The third kappa shape index (κ3) is 13.6. The molecule has 0 saturated carbocycles. The molecular weight excluding hydrogens is 488 g/mol. The maximum atomic E-state index is 12.6. The lowest BCUT2D eigenvalue weighted by Gasteiger charge is -2.23. The first-order valence-electron chi connectivity index (χ1n) is 10.3. The van der Waals surface area contributed by atoms with E-state index in [0.29, 0.717) is 6.42 Å². The van der Waals surface area contributed by atoms with Crippen molar-refractivity contribution in [1.82, 2.24) is 16.0 Å². The summed E-state index contributed by atoms with van der Waals surface area (Å²) in [6.07, 6.45) is -1.02. The van der Waals surface area contributed by atoms with Gasteiger partial charge in [0, 0.05) is 18.7 Å². The monoisotopic (exact) mass is 520 g/mol. The van der Waals surface area contributed by atoms with E-state index in [2.05, 4.69) is 33.6 Å². The van der Waals surface area contributed by atoms with Crippen LogP contribution < -0.4 is 38.9 Å². The number of aliphatic carboxylic acids is 2. The predicted molar refractivity (Wildman–Crippen MR) is 126 cm³/mol. The lowest BCUT2D eigenvalue weighted by atomic mass is 10.1. The van der Waals surface area contributed by atoms with Crippen molar-refractivity contribution in [3.05, 3.63) is 0 Å². The van der Waals surface area contributed by atoms with Gasteiger partial charge in [-0.2, -0.15) is 12.6 Å². The van der Waals surface area contributed by atoms with E-state index in [-0.39, 0.29) is 37.5 Å². The van der Waals surface area contributed by atoms with Crippen LogP contribution >= 0.6 is 12.6 Å². The van der Waals surface area contributed by atoms with E-state index in [1.54, 1.807) is 0 Å². The highest BCUT2D eigenvalue weighted by molar-refractivity contribution is 7.80. The fourth-order valence-electron chi connectivity index (χ4n) is 2.60. The highest BCUT2D eigenvalue weighted by Gasteiger charge is 2.31. The zero-order valence-corrected chi connectivity index (χ0v) is 19.7. The number of thiol groups is 1. The van der Waals surface area contributed by atoms with Gasteiger partial charge < -0.3 is 49.1 Å². The Morgan fingerprint density at radius 1 is 0.829 bits per heavy atom. The summed E-state index contributed by atoms with van der Waals surface area (Å²) in [5.41, 5.74) is 21.1. The van der Waals surface area contributed by atoms with Crippen molar-refractivity contribution in [2.75, 3.05) is 12.3 Å². The Morgan fingerprint density at radius 2 is 1.37 bits per heavy atom. The molecule has 0 heterocycles. The van der Waals surface area contributed by atoms with Gasteiger partial charge in [-0.05, 0) is 19.3 Å². The average Bonchev–Trinajstić information content (AvgIpc) is 2.75. The maximum Gasteiger partial charge on any atom is 0.326 e. The summed E-state index contributed by atoms with van der Waals surface area (Å²) in [6, 6.07) is -5.55. The number of nitrogens with two attached hydrogens (primary N) is 4. The fraction of sp³-hybridized carbons (Fsp3) is 0.611. The molecule has 0 aliphatic rings. The molecule has 13 N–H and O–H groups in total. The van der Waals surface area contributed by atoms with Crippen LogP contribution in [0.5, 0.6) is 0 Å². The number of hydrogen-bond donors (Lipinski definition) is 10. The van der Waals surface area contributed by atoms with Crippen LogP contribution in [0.25, 0.3) is 0 Å². The molecule has 0 aromatic carbocycles. The number of nitrogens with one attached hydrogen (secondary N) is 3. The second-order valence-corrected chi connectivity index (χ2v) is 7.73. The normalized spacial score (nSPS) is 13.9. The van der Waals surface area contributed by atoms with Gasteiger partial charge in [0.25, 0.3) is 0 Å². The molecule has 0 aromatic heterocycles. The lowest BCUT2D eigenvalue weighted by molar-refractivity contribution is -0.143. The second kappa shape index (κ2) is 16.1. The van der Waals surface area contributed by atoms with Gasteiger partial charge >= 0.3 is 11.9 Å². The van der Waals surface area contributed by atoms with Gasteiger partial charge in [-0.15, -0.1) is 0 Å². The molecule has 0 bridgehead atoms. The van der Waals surface area contributed by atoms with Crippen LogP contribution in [0.15, 0.2) is 4.99 Å². The topological polar surface area (TPSA) is 295 Å². The third-order valence-corrected chi connectivity index (χ3v) is 4.79. The zero-order chi connectivity index (χ0) is 27.1. The fourth-order valence-corrected chi connectivity index (χ4v) is 2.85. The number of hydrogen-bond acceptors (Lipinski definition) is 9. The molecule has 0 spiro atoms. The largest absolute Gasteiger partial charge is 0.481 e. The zero-order valence-electron chi connectivity index (χ0n) is 18.8. The van der Waals surface area contributed by atoms with Crippen molar-refractivity contribution < 1.29 is 39.0 Å². The van der Waals surface area contributed by atoms with Crippen molar-refractivity contribution >= 4 is 54.2 Å². The first-order chi connectivity index (χ1) is 16.3. The Hall–Kier alpha value is -3.60. The second-order valence-electron chi connectivity index (χ2n) is 7.36. The molecule has 35 heavy (non-hydrogen) atoms. The predicted octanol–water partition coefficient (Wildman–Crippen LogP) is -4.42. The van der Waals surface area contributed by atoms with E-state index in [4.69, 9.17) is 28.0 Å². The number of nitrogens with zero attached hydrogens (tertiary/aromatic N) is 1. The molecule has 0 aliphatic heterocycles. The molecule has 4 unspecified atom stereocenters. The van der Waals surface area contributed by atoms with Crippen LogP contribution in [0.3, 0.4) is 0 Å². The van der Waals surface area contributed by atoms with Gasteiger partial charge in [-0.25, -0.2) is 4.79 Å². The summed E-state index contributed by atoms with van der Waals surface area (Å²) in [7, 11) is 0. The highest BCUT2D eigenvalue weighted by Crippen LogP contribution is 2.03. The summed E-state index contributed by atoms with van der Waals surface area (Å²) >= 11 is 3.98. The SMILES string of the molecule is NC(=O)CCC(NC(=O)C(CC(=O)O)NC(=O)C(CS)NC(=O)C(N)CCCN=C(N)N)C(=O)O. The molecule has 17 heteroatoms. The first-order valence-corrected chi connectivity index (χ1v) is 11.0. The molecule has 4 amide bonds. The number of guanidine groups is 1. The van der Waals surface area contributed by atoms with Crippen molar-refractivity contribution in [3.63, 3.8) is 0 Å². The minimum Gasteiger partial charge on any atom is -0.481 e. The van der Waals surface area contributed by atoms with Gasteiger partial charge in [0.05, 0.1) is 12.5 Å². The van der Waals surface area contributed by atoms with Crippen LogP contribution in [-0.4, -0.2) is 88.2 Å². The Balaban J connectivity index is 5.18. The number of primary amides is 1. The number of carbonyl (C=O) groups excluding carboxylic acids is 4. The molecule has 0 rings (SSSR count). The molecule has 4 atom stereocenters. The Labute approximate surface area is 206 Å². The van der Waals surface area contributed by atoms with Crippen molar-refractivity contribution in [1.29, 1.82) is 0 Å². The average molecular weight is 521 g/mol. The Kier molecular flexibility index (Phi) is 14.4. The molecule has 0 fully saturated rings. The molecule has 198 valence electrons. The molecular formula is C18H32N8O8S. The van der Waals surface area contributed by atoms with E-state index < -0.39 is 66.2 Å². The summed E-state index contributed by atoms with van der Waals surface area (Å²) in [4.78, 5) is 74.5. The molecule has 0 aromatic rings.